The largest absolute Gasteiger partial charge is 0.384 e. The van der Waals surface area contributed by atoms with E-state index in [1.807, 2.05) is 0 Å². The van der Waals surface area contributed by atoms with E-state index >= 15 is 0 Å². The lowest BCUT2D eigenvalue weighted by atomic mass is 9.93. The number of aliphatic hydroxyl groups excluding tert-OH is 1. The summed E-state index contributed by atoms with van der Waals surface area (Å²) in [6.07, 6.45) is 0.747. The summed E-state index contributed by atoms with van der Waals surface area (Å²) < 4.78 is 27.1. The van der Waals surface area contributed by atoms with Crippen LogP contribution in [0.4, 0.5) is 0 Å². The summed E-state index contributed by atoms with van der Waals surface area (Å²) in [5, 5.41) is 8.71. The summed E-state index contributed by atoms with van der Waals surface area (Å²) >= 11 is 0. The van der Waals surface area contributed by atoms with Gasteiger partial charge in [-0.1, -0.05) is 44.7 Å². The van der Waals surface area contributed by atoms with Gasteiger partial charge in [-0.2, -0.15) is 0 Å². The summed E-state index contributed by atoms with van der Waals surface area (Å²) in [6, 6.07) is 6.51. The van der Waals surface area contributed by atoms with Crippen LogP contribution in [0.2, 0.25) is 0 Å². The molecule has 5 heteroatoms. The van der Waals surface area contributed by atoms with Gasteiger partial charge in [0.2, 0.25) is 10.0 Å². The van der Waals surface area contributed by atoms with Crippen LogP contribution in [0.3, 0.4) is 0 Å². The molecule has 4 nitrogen and oxygen atoms in total. The molecule has 0 unspecified atom stereocenters. The van der Waals surface area contributed by atoms with Crippen molar-refractivity contribution in [2.45, 2.75) is 32.1 Å². The summed E-state index contributed by atoms with van der Waals surface area (Å²) in [5.41, 5.74) is 0.462. The zero-order valence-electron chi connectivity index (χ0n) is 12.1. The highest BCUT2D eigenvalue weighted by atomic mass is 32.2. The Morgan fingerprint density at radius 3 is 2.50 bits per heavy atom. The van der Waals surface area contributed by atoms with Gasteiger partial charge in [-0.25, -0.2) is 13.1 Å². The Morgan fingerprint density at radius 1 is 1.25 bits per heavy atom. The van der Waals surface area contributed by atoms with Crippen molar-refractivity contribution in [3.05, 3.63) is 29.8 Å². The minimum absolute atomic E-state index is 0.0682. The molecule has 0 heterocycles. The van der Waals surface area contributed by atoms with Gasteiger partial charge in [-0.05, 0) is 24.0 Å². The van der Waals surface area contributed by atoms with Crippen molar-refractivity contribution in [3.63, 3.8) is 0 Å². The molecule has 0 amide bonds. The molecule has 1 aromatic rings. The van der Waals surface area contributed by atoms with Crippen LogP contribution in [0.15, 0.2) is 29.2 Å². The maximum atomic E-state index is 12.3. The summed E-state index contributed by atoms with van der Waals surface area (Å²) in [4.78, 5) is 0.148. The Labute approximate surface area is 121 Å². The predicted molar refractivity (Wildman–Crippen MR) is 79.7 cm³/mol. The van der Waals surface area contributed by atoms with Crippen molar-refractivity contribution in [1.29, 1.82) is 0 Å². The van der Waals surface area contributed by atoms with E-state index in [4.69, 9.17) is 5.11 Å². The third-order valence-corrected chi connectivity index (χ3v) is 4.16. The highest BCUT2D eigenvalue weighted by Crippen LogP contribution is 2.19. The molecular weight excluding hydrogens is 274 g/mol. The van der Waals surface area contributed by atoms with Crippen LogP contribution in [-0.2, 0) is 10.0 Å². The van der Waals surface area contributed by atoms with Gasteiger partial charge in [0.05, 0.1) is 4.90 Å². The first-order valence-corrected chi connectivity index (χ1v) is 7.93. The number of nitrogens with one attached hydrogen (secondary N) is 1. The number of hydrogen-bond acceptors (Lipinski definition) is 3. The molecule has 1 rings (SSSR count). The maximum Gasteiger partial charge on any atom is 0.241 e. The van der Waals surface area contributed by atoms with Crippen molar-refractivity contribution in [3.8, 4) is 11.8 Å². The topological polar surface area (TPSA) is 66.4 Å². The number of rotatable bonds is 4. The van der Waals surface area contributed by atoms with Crippen molar-refractivity contribution in [2.24, 2.45) is 5.41 Å². The average Bonchev–Trinajstić information content (AvgIpc) is 2.34. The second-order valence-corrected chi connectivity index (χ2v) is 7.40. The number of benzene rings is 1. The lowest BCUT2D eigenvalue weighted by Crippen LogP contribution is -2.28. The molecule has 0 fully saturated rings. The summed E-state index contributed by atoms with van der Waals surface area (Å²) in [6.45, 7) is 6.26. The van der Waals surface area contributed by atoms with E-state index in [9.17, 15) is 8.42 Å². The van der Waals surface area contributed by atoms with E-state index in [0.29, 0.717) is 12.1 Å². The molecule has 0 aliphatic heterocycles. The van der Waals surface area contributed by atoms with Gasteiger partial charge < -0.3 is 5.11 Å². The van der Waals surface area contributed by atoms with Crippen LogP contribution in [0.1, 0.15) is 32.8 Å². The molecule has 110 valence electrons. The van der Waals surface area contributed by atoms with E-state index in [0.717, 1.165) is 6.42 Å². The lowest BCUT2D eigenvalue weighted by molar-refractivity contribution is 0.350. The molecule has 0 bridgehead atoms. The predicted octanol–water partition coefficient (Wildman–Crippen LogP) is 1.74. The van der Waals surface area contributed by atoms with E-state index in [-0.39, 0.29) is 16.9 Å². The highest BCUT2D eigenvalue weighted by molar-refractivity contribution is 7.89. The standard InChI is InChI=1S/C15H21NO3S/c1-15(2,3)10-11-16-20(18,19)14-9-5-4-7-13(14)8-6-12-17/h4-5,7,9,16-17H,10-12H2,1-3H3. The molecule has 20 heavy (non-hydrogen) atoms. The van der Waals surface area contributed by atoms with Gasteiger partial charge in [-0.3, -0.25) is 0 Å². The Morgan fingerprint density at radius 2 is 1.90 bits per heavy atom. The van der Waals surface area contributed by atoms with Gasteiger partial charge >= 0.3 is 0 Å². The molecule has 2 N–H and O–H groups in total. The van der Waals surface area contributed by atoms with Gasteiger partial charge in [0, 0.05) is 12.1 Å². The van der Waals surface area contributed by atoms with Gasteiger partial charge in [-0.15, -0.1) is 0 Å². The zero-order chi connectivity index (χ0) is 15.2. The fraction of sp³-hybridized carbons (Fsp3) is 0.467. The normalized spacial score (nSPS) is 11.8. The van der Waals surface area contributed by atoms with Crippen LogP contribution >= 0.6 is 0 Å². The van der Waals surface area contributed by atoms with Crippen molar-refractivity contribution < 1.29 is 13.5 Å². The molecule has 0 atom stereocenters. The highest BCUT2D eigenvalue weighted by Gasteiger charge is 2.18. The lowest BCUT2D eigenvalue weighted by Gasteiger charge is -2.18. The molecule has 0 radical (unpaired) electrons. The second-order valence-electron chi connectivity index (χ2n) is 5.66. The SMILES string of the molecule is CC(C)(C)CCNS(=O)(=O)c1ccccc1C#CCO. The third kappa shape index (κ3) is 5.33. The molecule has 0 aliphatic rings. The quantitative estimate of drug-likeness (QED) is 0.832. The van der Waals surface area contributed by atoms with Crippen molar-refractivity contribution in [2.75, 3.05) is 13.2 Å². The van der Waals surface area contributed by atoms with Crippen molar-refractivity contribution in [1.82, 2.24) is 4.72 Å². The average molecular weight is 295 g/mol. The molecule has 0 saturated carbocycles. The molecule has 0 saturated heterocycles. The number of sulfonamides is 1. The Kier molecular flexibility index (Phi) is 5.75. The minimum atomic E-state index is -3.58. The smallest absolute Gasteiger partial charge is 0.241 e. The zero-order valence-corrected chi connectivity index (χ0v) is 12.9. The number of aliphatic hydroxyl groups is 1. The van der Waals surface area contributed by atoms with Crippen LogP contribution in [-0.4, -0.2) is 26.7 Å². The van der Waals surface area contributed by atoms with Crippen LogP contribution < -0.4 is 4.72 Å². The van der Waals surface area contributed by atoms with E-state index in [1.165, 1.54) is 6.07 Å². The van der Waals surface area contributed by atoms with Crippen LogP contribution in [0, 0.1) is 17.3 Å². The molecule has 0 aliphatic carbocycles. The second kappa shape index (κ2) is 6.89. The molecular formula is C15H21NO3S. The van der Waals surface area contributed by atoms with E-state index in [1.54, 1.807) is 18.2 Å². The third-order valence-electron chi connectivity index (χ3n) is 2.65. The van der Waals surface area contributed by atoms with Gasteiger partial charge in [0.15, 0.2) is 0 Å². The van der Waals surface area contributed by atoms with Gasteiger partial charge in [0.1, 0.15) is 6.61 Å². The van der Waals surface area contributed by atoms with Crippen molar-refractivity contribution >= 4 is 10.0 Å². The summed E-state index contributed by atoms with van der Waals surface area (Å²) in [5.74, 6) is 5.13. The Balaban J connectivity index is 2.93. The fourth-order valence-electron chi connectivity index (χ4n) is 1.58. The number of hydrogen-bond donors (Lipinski definition) is 2. The minimum Gasteiger partial charge on any atom is -0.384 e. The fourth-order valence-corrected chi connectivity index (χ4v) is 2.77. The van der Waals surface area contributed by atoms with Gasteiger partial charge in [0.25, 0.3) is 0 Å². The van der Waals surface area contributed by atoms with E-state index in [2.05, 4.69) is 37.3 Å². The Bertz CT molecular complexity index is 604. The summed E-state index contributed by atoms with van der Waals surface area (Å²) in [7, 11) is -3.58. The molecule has 0 spiro atoms. The van der Waals surface area contributed by atoms with Crippen LogP contribution in [0.25, 0.3) is 0 Å². The first-order chi connectivity index (χ1) is 9.26. The van der Waals surface area contributed by atoms with Crippen LogP contribution in [0.5, 0.6) is 0 Å². The van der Waals surface area contributed by atoms with E-state index < -0.39 is 10.0 Å². The maximum absolute atomic E-state index is 12.3. The molecule has 1 aromatic carbocycles. The monoisotopic (exact) mass is 295 g/mol. The first kappa shape index (κ1) is 16.7. The first-order valence-electron chi connectivity index (χ1n) is 6.45. The Hall–Kier alpha value is -1.35. The molecule has 0 aromatic heterocycles.